The molecular formula is C22H23ClFN5O3. The number of hydrogen-bond donors (Lipinski definition) is 2. The van der Waals surface area contributed by atoms with Crippen LogP contribution in [0.3, 0.4) is 0 Å². The van der Waals surface area contributed by atoms with Crippen LogP contribution in [-0.2, 0) is 4.79 Å². The lowest BCUT2D eigenvalue weighted by Crippen LogP contribution is -2.42. The van der Waals surface area contributed by atoms with E-state index in [0.29, 0.717) is 47.0 Å². The highest BCUT2D eigenvalue weighted by Gasteiger charge is 2.23. The van der Waals surface area contributed by atoms with Crippen LogP contribution in [0.25, 0.3) is 10.9 Å². The topological polar surface area (TPSA) is 103 Å². The lowest BCUT2D eigenvalue weighted by atomic mass is 10.1. The minimum absolute atomic E-state index is 0.00854. The molecule has 2 heterocycles. The van der Waals surface area contributed by atoms with Gasteiger partial charge in [0.15, 0.2) is 0 Å². The van der Waals surface area contributed by atoms with Crippen LogP contribution < -0.4 is 20.5 Å². The minimum atomic E-state index is -0.499. The molecule has 0 saturated carbocycles. The number of hydrogen-bond acceptors (Lipinski definition) is 7. The maximum absolute atomic E-state index is 13.5. The summed E-state index contributed by atoms with van der Waals surface area (Å²) in [6.45, 7) is 1.67. The van der Waals surface area contributed by atoms with Crippen molar-refractivity contribution in [3.8, 4) is 11.5 Å². The average Bonchev–Trinajstić information content (AvgIpc) is 2.77. The Morgan fingerprint density at radius 2 is 2.06 bits per heavy atom. The van der Waals surface area contributed by atoms with Crippen molar-refractivity contribution in [3.05, 3.63) is 47.5 Å². The third-order valence-electron chi connectivity index (χ3n) is 5.30. The van der Waals surface area contributed by atoms with Crippen molar-refractivity contribution in [1.82, 2.24) is 14.9 Å². The van der Waals surface area contributed by atoms with Crippen molar-refractivity contribution in [3.63, 3.8) is 0 Å². The summed E-state index contributed by atoms with van der Waals surface area (Å²) in [7, 11) is 1.58. The van der Waals surface area contributed by atoms with Crippen LogP contribution in [0.4, 0.5) is 15.9 Å². The fourth-order valence-corrected chi connectivity index (χ4v) is 3.91. The number of carbonyl (C=O) groups is 1. The normalized spacial score (nSPS) is 15.0. The monoisotopic (exact) mass is 459 g/mol. The smallest absolute Gasteiger partial charge is 0.231 e. The van der Waals surface area contributed by atoms with Gasteiger partial charge in [-0.3, -0.25) is 9.69 Å². The number of nitrogens with zero attached hydrogens (tertiary/aromatic N) is 3. The third-order valence-corrected chi connectivity index (χ3v) is 5.59. The lowest BCUT2D eigenvalue weighted by molar-refractivity contribution is -0.119. The Morgan fingerprint density at radius 3 is 2.75 bits per heavy atom. The Balaban J connectivity index is 1.63. The van der Waals surface area contributed by atoms with Crippen LogP contribution >= 0.6 is 11.6 Å². The van der Waals surface area contributed by atoms with Crippen LogP contribution in [0.2, 0.25) is 5.02 Å². The molecule has 1 fully saturated rings. The van der Waals surface area contributed by atoms with Crippen molar-refractivity contribution in [1.29, 1.82) is 0 Å². The van der Waals surface area contributed by atoms with Gasteiger partial charge in [0.2, 0.25) is 5.91 Å². The number of carbonyl (C=O) groups excluding carboxylic acids is 1. The van der Waals surface area contributed by atoms with Crippen LogP contribution in [-0.4, -0.2) is 53.6 Å². The van der Waals surface area contributed by atoms with Crippen LogP contribution in [0.15, 0.2) is 36.7 Å². The molecule has 3 aromatic rings. The summed E-state index contributed by atoms with van der Waals surface area (Å²) >= 11 is 5.92. The maximum Gasteiger partial charge on any atom is 0.231 e. The first-order valence-corrected chi connectivity index (χ1v) is 10.5. The summed E-state index contributed by atoms with van der Waals surface area (Å²) in [5.41, 5.74) is 6.51. The zero-order valence-corrected chi connectivity index (χ0v) is 18.2. The molecular weight excluding hydrogens is 437 g/mol. The molecule has 0 aliphatic carbocycles. The van der Waals surface area contributed by atoms with Gasteiger partial charge < -0.3 is 20.5 Å². The average molecular weight is 460 g/mol. The maximum atomic E-state index is 13.5. The molecule has 32 heavy (non-hydrogen) atoms. The van der Waals surface area contributed by atoms with E-state index in [0.717, 1.165) is 12.8 Å². The highest BCUT2D eigenvalue weighted by atomic mass is 35.5. The number of methoxy groups -OCH3 is 1. The Morgan fingerprint density at radius 1 is 1.28 bits per heavy atom. The lowest BCUT2D eigenvalue weighted by Gasteiger charge is -2.31. The van der Waals surface area contributed by atoms with E-state index in [1.54, 1.807) is 25.3 Å². The Hall–Kier alpha value is -3.17. The quantitative estimate of drug-likeness (QED) is 0.557. The van der Waals surface area contributed by atoms with E-state index in [1.807, 2.05) is 4.90 Å². The third kappa shape index (κ3) is 5.00. The van der Waals surface area contributed by atoms with E-state index in [-0.39, 0.29) is 23.6 Å². The number of rotatable bonds is 7. The number of benzene rings is 2. The van der Waals surface area contributed by atoms with Gasteiger partial charge in [0, 0.05) is 30.9 Å². The van der Waals surface area contributed by atoms with Gasteiger partial charge in [-0.05, 0) is 31.0 Å². The van der Waals surface area contributed by atoms with Gasteiger partial charge >= 0.3 is 0 Å². The number of nitrogens with one attached hydrogen (secondary N) is 1. The molecule has 1 aliphatic heterocycles. The molecule has 0 radical (unpaired) electrons. The minimum Gasteiger partial charge on any atom is -0.497 e. The van der Waals surface area contributed by atoms with Gasteiger partial charge in [-0.15, -0.1) is 0 Å². The molecule has 1 aliphatic rings. The highest BCUT2D eigenvalue weighted by Crippen LogP contribution is 2.37. The number of likely N-dealkylation sites (tertiary alicyclic amines) is 1. The number of fused-ring (bicyclic) bond motifs is 1. The second kappa shape index (κ2) is 9.54. The zero-order chi connectivity index (χ0) is 22.7. The molecule has 10 heteroatoms. The van der Waals surface area contributed by atoms with Gasteiger partial charge in [0.05, 0.1) is 29.6 Å². The second-order valence-corrected chi connectivity index (χ2v) is 7.96. The second-order valence-electron chi connectivity index (χ2n) is 7.56. The zero-order valence-electron chi connectivity index (χ0n) is 17.5. The molecule has 0 atom stereocenters. The predicted molar refractivity (Wildman–Crippen MR) is 120 cm³/mol. The molecule has 1 aromatic heterocycles. The van der Waals surface area contributed by atoms with Crippen LogP contribution in [0, 0.1) is 5.82 Å². The van der Waals surface area contributed by atoms with E-state index in [9.17, 15) is 9.18 Å². The fraction of sp³-hybridized carbons (Fsp3) is 0.318. The summed E-state index contributed by atoms with van der Waals surface area (Å²) in [4.78, 5) is 21.9. The molecule has 2 aromatic carbocycles. The first-order chi connectivity index (χ1) is 15.4. The molecule has 1 saturated heterocycles. The fourth-order valence-electron chi connectivity index (χ4n) is 3.73. The van der Waals surface area contributed by atoms with Gasteiger partial charge in [-0.2, -0.15) is 0 Å². The Labute approximate surface area is 189 Å². The number of nitrogens with two attached hydrogens (primary N) is 1. The molecule has 0 unspecified atom stereocenters. The number of aromatic nitrogens is 2. The van der Waals surface area contributed by atoms with Gasteiger partial charge in [0.1, 0.15) is 35.6 Å². The number of piperidine rings is 1. The molecule has 0 spiro atoms. The van der Waals surface area contributed by atoms with Gasteiger partial charge in [-0.1, -0.05) is 11.6 Å². The van der Waals surface area contributed by atoms with Crippen molar-refractivity contribution < 1.29 is 18.7 Å². The Bertz CT molecular complexity index is 1140. The Kier molecular flexibility index (Phi) is 6.57. The summed E-state index contributed by atoms with van der Waals surface area (Å²) in [6, 6.07) is 7.94. The van der Waals surface area contributed by atoms with Crippen molar-refractivity contribution >= 4 is 39.9 Å². The van der Waals surface area contributed by atoms with Crippen molar-refractivity contribution in [2.45, 2.75) is 18.9 Å². The first kappa shape index (κ1) is 22.0. The molecule has 1 amide bonds. The van der Waals surface area contributed by atoms with Crippen molar-refractivity contribution in [2.75, 3.05) is 32.1 Å². The van der Waals surface area contributed by atoms with Crippen LogP contribution in [0.5, 0.6) is 11.5 Å². The van der Waals surface area contributed by atoms with Gasteiger partial charge in [0.25, 0.3) is 0 Å². The number of halogens is 2. The van der Waals surface area contributed by atoms with E-state index < -0.39 is 5.82 Å². The summed E-state index contributed by atoms with van der Waals surface area (Å²) in [5, 5.41) is 3.86. The molecule has 3 N–H and O–H groups in total. The van der Waals surface area contributed by atoms with Crippen LogP contribution in [0.1, 0.15) is 12.8 Å². The predicted octanol–water partition coefficient (Wildman–Crippen LogP) is 3.50. The summed E-state index contributed by atoms with van der Waals surface area (Å²) in [5.74, 6) is 0.844. The first-order valence-electron chi connectivity index (χ1n) is 10.1. The van der Waals surface area contributed by atoms with E-state index in [2.05, 4.69) is 15.3 Å². The number of ether oxygens (including phenoxy) is 2. The van der Waals surface area contributed by atoms with E-state index >= 15 is 0 Å². The standard InChI is InChI=1S/C22H23ClFN5O3/c1-31-15-9-18-21(19(10-15)32-14-4-6-29(7-5-14)11-20(25)30)22(27-12-26-18)28-13-2-3-17(24)16(23)8-13/h2-3,8-10,12,14H,4-7,11H2,1H3,(H2,25,30)(H,26,27,28). The molecule has 4 rings (SSSR count). The highest BCUT2D eigenvalue weighted by molar-refractivity contribution is 6.31. The van der Waals surface area contributed by atoms with Crippen molar-refractivity contribution in [2.24, 2.45) is 5.73 Å². The summed E-state index contributed by atoms with van der Waals surface area (Å²) < 4.78 is 25.3. The molecule has 8 nitrogen and oxygen atoms in total. The number of anilines is 2. The SMILES string of the molecule is COc1cc(OC2CCN(CC(N)=O)CC2)c2c(Nc3ccc(F)c(Cl)c3)ncnc2c1. The molecule has 0 bridgehead atoms. The van der Waals surface area contributed by atoms with E-state index in [1.165, 1.54) is 18.5 Å². The largest absolute Gasteiger partial charge is 0.497 e. The number of primary amides is 1. The number of amides is 1. The van der Waals surface area contributed by atoms with E-state index in [4.69, 9.17) is 26.8 Å². The van der Waals surface area contributed by atoms with Gasteiger partial charge in [-0.25, -0.2) is 14.4 Å². The summed E-state index contributed by atoms with van der Waals surface area (Å²) in [6.07, 6.45) is 2.87. The molecule has 168 valence electrons.